The van der Waals surface area contributed by atoms with E-state index in [1.54, 1.807) is 0 Å². The summed E-state index contributed by atoms with van der Waals surface area (Å²) < 4.78 is 0. The van der Waals surface area contributed by atoms with Crippen LogP contribution in [0.15, 0.2) is 0 Å². The van der Waals surface area contributed by atoms with E-state index >= 15 is 0 Å². The second-order valence-corrected chi connectivity index (χ2v) is 16.0. The van der Waals surface area contributed by atoms with Crippen molar-refractivity contribution < 1.29 is 68.1 Å². The smallest absolute Gasteiger partial charge is 0.328 e. The van der Waals surface area contributed by atoms with Gasteiger partial charge in [0.05, 0.1) is 19.1 Å². The number of aliphatic hydroxyl groups excluding tert-OH is 1. The molecule has 0 fully saturated rings. The van der Waals surface area contributed by atoms with E-state index in [-0.39, 0.29) is 55.4 Å². The van der Waals surface area contributed by atoms with Gasteiger partial charge in [0.15, 0.2) is 0 Å². The summed E-state index contributed by atoms with van der Waals surface area (Å²) in [4.78, 5) is 140. The van der Waals surface area contributed by atoms with Gasteiger partial charge in [0.2, 0.25) is 53.2 Å². The van der Waals surface area contributed by atoms with Gasteiger partial charge >= 0.3 is 11.9 Å². The number of carboxylic acids is 2. The molecular weight excluding hydrogens is 953 g/mol. The SMILES string of the molecule is NCCCC[C@H](NC(=O)[C@H](CCCCN)NC(=O)[C@H](CS)NC(=O)[C@H](CS)NC(=O)[C@H](CS)NC(=O)[C@H](CS)NC(=O)[C@@H](N)CC(N)=O)C(=O)N[C@@H](CCC(=O)O)C(=O)N[C@@H](CO)C(=O)O. The van der Waals surface area contributed by atoms with E-state index in [4.69, 9.17) is 22.9 Å². The van der Waals surface area contributed by atoms with Crippen molar-refractivity contribution in [2.75, 3.05) is 42.7 Å². The Morgan fingerprint density at radius 3 is 1.00 bits per heavy atom. The molecule has 0 aliphatic heterocycles. The Kier molecular flexibility index (Phi) is 31.5. The number of carbonyl (C=O) groups excluding carboxylic acids is 9. The molecule has 0 aromatic heterocycles. The normalized spacial score (nSPS) is 15.0. The minimum atomic E-state index is -1.78. The summed E-state index contributed by atoms with van der Waals surface area (Å²) in [6.45, 7) is -0.591. The van der Waals surface area contributed by atoms with Crippen molar-refractivity contribution in [3.05, 3.63) is 0 Å². The number of unbranched alkanes of at least 4 members (excludes halogenated alkanes) is 2. The average molecular weight is 1020 g/mol. The van der Waals surface area contributed by atoms with Gasteiger partial charge in [-0.3, -0.25) is 47.9 Å². The van der Waals surface area contributed by atoms with Crippen LogP contribution in [0.25, 0.3) is 0 Å². The fraction of sp³-hybridized carbons (Fsp3) is 0.694. The van der Waals surface area contributed by atoms with Crippen LogP contribution < -0.4 is 65.5 Å². The molecule has 0 radical (unpaired) electrons. The molecule has 9 amide bonds. The van der Waals surface area contributed by atoms with E-state index in [0.29, 0.717) is 19.3 Å². The molecule has 0 unspecified atom stereocenters. The Morgan fingerprint density at radius 1 is 0.439 bits per heavy atom. The number of primary amides is 1. The van der Waals surface area contributed by atoms with Gasteiger partial charge in [0.25, 0.3) is 0 Å². The fourth-order valence-electron chi connectivity index (χ4n) is 5.52. The Labute approximate surface area is 402 Å². The van der Waals surface area contributed by atoms with Gasteiger partial charge in [-0.1, -0.05) is 0 Å². The maximum atomic E-state index is 13.8. The van der Waals surface area contributed by atoms with Crippen molar-refractivity contribution in [3.8, 4) is 0 Å². The lowest BCUT2D eigenvalue weighted by atomic mass is 10.0. The van der Waals surface area contributed by atoms with Crippen molar-refractivity contribution in [2.24, 2.45) is 22.9 Å². The molecule has 0 aliphatic carbocycles. The molecule has 0 bridgehead atoms. The molecule has 19 N–H and O–H groups in total. The number of amides is 9. The van der Waals surface area contributed by atoms with Gasteiger partial charge in [0, 0.05) is 29.4 Å². The molecule has 66 heavy (non-hydrogen) atoms. The summed E-state index contributed by atoms with van der Waals surface area (Å²) in [5.74, 6) is -12.5. The third kappa shape index (κ3) is 23.7. The van der Waals surface area contributed by atoms with Gasteiger partial charge in [-0.2, -0.15) is 50.5 Å². The van der Waals surface area contributed by atoms with Gasteiger partial charge in [-0.25, -0.2) is 4.79 Å². The molecule has 0 saturated carbocycles. The number of thiol groups is 4. The molecule has 0 rings (SSSR count). The number of hydrogen-bond donors (Lipinski definition) is 19. The zero-order chi connectivity index (χ0) is 50.5. The maximum absolute atomic E-state index is 13.8. The number of aliphatic carboxylic acids is 2. The number of aliphatic hydroxyl groups is 1. The van der Waals surface area contributed by atoms with E-state index in [0.717, 1.165) is 0 Å². The molecule has 0 heterocycles. The first-order valence-electron chi connectivity index (χ1n) is 20.5. The van der Waals surface area contributed by atoms with Crippen molar-refractivity contribution in [3.63, 3.8) is 0 Å². The number of nitrogens with one attached hydrogen (secondary N) is 8. The van der Waals surface area contributed by atoms with Crippen molar-refractivity contribution >= 4 is 116 Å². The molecule has 0 aromatic carbocycles. The predicted molar refractivity (Wildman–Crippen MR) is 250 cm³/mol. The van der Waals surface area contributed by atoms with Crippen LogP contribution in [0.1, 0.15) is 57.8 Å². The van der Waals surface area contributed by atoms with Crippen molar-refractivity contribution in [1.29, 1.82) is 0 Å². The molecule has 0 aliphatic rings. The number of nitrogens with two attached hydrogens (primary N) is 4. The molecule has 0 spiro atoms. The zero-order valence-corrected chi connectivity index (χ0v) is 39.5. The van der Waals surface area contributed by atoms with Gasteiger partial charge in [0.1, 0.15) is 48.3 Å². The second kappa shape index (κ2) is 33.8. The summed E-state index contributed by atoms with van der Waals surface area (Å²) in [7, 11) is 0. The third-order valence-corrected chi connectivity index (χ3v) is 10.7. The minimum absolute atomic E-state index is 0.0232. The first-order valence-corrected chi connectivity index (χ1v) is 23.0. The highest BCUT2D eigenvalue weighted by Gasteiger charge is 2.34. The first kappa shape index (κ1) is 61.4. The van der Waals surface area contributed by atoms with Crippen LogP contribution >= 0.6 is 50.5 Å². The average Bonchev–Trinajstić information content (AvgIpc) is 3.26. The van der Waals surface area contributed by atoms with E-state index in [1.807, 2.05) is 5.32 Å². The minimum Gasteiger partial charge on any atom is -0.481 e. The van der Waals surface area contributed by atoms with E-state index < -0.39 is 145 Å². The van der Waals surface area contributed by atoms with Crippen LogP contribution in [-0.2, 0) is 52.7 Å². The highest BCUT2D eigenvalue weighted by Crippen LogP contribution is 2.09. The largest absolute Gasteiger partial charge is 0.481 e. The lowest BCUT2D eigenvalue weighted by molar-refractivity contribution is -0.144. The Morgan fingerprint density at radius 2 is 0.727 bits per heavy atom. The third-order valence-electron chi connectivity index (χ3n) is 9.26. The van der Waals surface area contributed by atoms with Gasteiger partial charge < -0.3 is 80.8 Å². The molecule has 9 atom stereocenters. The maximum Gasteiger partial charge on any atom is 0.328 e. The van der Waals surface area contributed by atoms with Gasteiger partial charge in [-0.15, -0.1) is 0 Å². The van der Waals surface area contributed by atoms with Crippen LogP contribution in [0.2, 0.25) is 0 Å². The summed E-state index contributed by atoms with van der Waals surface area (Å²) in [6, 6.07) is -13.1. The number of hydrogen-bond acceptors (Lipinski definition) is 19. The molecule has 0 aromatic rings. The van der Waals surface area contributed by atoms with Crippen LogP contribution in [0.5, 0.6) is 0 Å². The van der Waals surface area contributed by atoms with E-state index in [2.05, 4.69) is 87.7 Å². The van der Waals surface area contributed by atoms with E-state index in [9.17, 15) is 68.1 Å². The zero-order valence-electron chi connectivity index (χ0n) is 35.9. The summed E-state index contributed by atoms with van der Waals surface area (Å²) in [5.41, 5.74) is 21.9. The standard InChI is InChI=1S/C36H64N12O14S4/c37-9-3-1-5-18(30(55)43-20(7-8-27(51)52)31(56)44-21(12-49)36(61)62)41-29(54)19(6-2-4-10-38)42-32(57)23(14-64)46-34(59)25(16-66)48-35(60)24(15-65)47-33(58)22(13-63)45-28(53)17(39)11-26(40)50/h17-25,49,63-66H,1-16,37-39H2,(H2,40,50)(H,41,54)(H,42,57)(H,43,55)(H,44,56)(H,45,53)(H,46,59)(H,47,58)(H,48,60)(H,51,52)(H,61,62)/t17-,18-,19-,20-,21-,22-,23-,24-,25-/m0/s1. The number of rotatable bonds is 35. The molecule has 376 valence electrons. The molecule has 26 nitrogen and oxygen atoms in total. The van der Waals surface area contributed by atoms with E-state index in [1.165, 1.54) is 0 Å². The molecule has 30 heteroatoms. The van der Waals surface area contributed by atoms with Crippen LogP contribution in [0.3, 0.4) is 0 Å². The summed E-state index contributed by atoms with van der Waals surface area (Å²) in [6.07, 6.45) is -0.339. The van der Waals surface area contributed by atoms with Gasteiger partial charge in [-0.05, 0) is 58.0 Å². The second-order valence-electron chi connectivity index (χ2n) is 14.5. The number of carbonyl (C=O) groups is 11. The topological polar surface area (TPSA) is 449 Å². The molecular formula is C36H64N12O14S4. The Balaban J connectivity index is 6.16. The molecule has 0 saturated heterocycles. The quantitative estimate of drug-likeness (QED) is 0.0207. The monoisotopic (exact) mass is 1020 g/mol. The van der Waals surface area contributed by atoms with Crippen molar-refractivity contribution in [2.45, 2.75) is 112 Å². The lowest BCUT2D eigenvalue weighted by Gasteiger charge is -2.27. The van der Waals surface area contributed by atoms with Crippen LogP contribution in [0.4, 0.5) is 0 Å². The van der Waals surface area contributed by atoms with Crippen molar-refractivity contribution in [1.82, 2.24) is 42.5 Å². The van der Waals surface area contributed by atoms with Crippen LogP contribution in [-0.4, -0.2) is 178 Å². The summed E-state index contributed by atoms with van der Waals surface area (Å²) >= 11 is 16.4. The Hall–Kier alpha value is -4.59. The van der Waals surface area contributed by atoms with Crippen LogP contribution in [0, 0.1) is 0 Å². The Bertz CT molecular complexity index is 1670. The fourth-order valence-corrected chi connectivity index (χ4v) is 6.54. The predicted octanol–water partition coefficient (Wildman–Crippen LogP) is -7.01. The summed E-state index contributed by atoms with van der Waals surface area (Å²) in [5, 5.41) is 46.7. The number of carboxylic acid groups (broad SMARTS) is 2. The lowest BCUT2D eigenvalue weighted by Crippen LogP contribution is -2.61. The highest BCUT2D eigenvalue weighted by molar-refractivity contribution is 7.80. The highest BCUT2D eigenvalue weighted by atomic mass is 32.1. The first-order chi connectivity index (χ1) is 31.1.